The first-order valence-corrected chi connectivity index (χ1v) is 8.09. The van der Waals surface area contributed by atoms with Crippen LogP contribution in [0.25, 0.3) is 0 Å². The predicted molar refractivity (Wildman–Crippen MR) is 86.8 cm³/mol. The van der Waals surface area contributed by atoms with Crippen molar-refractivity contribution >= 4 is 50.3 Å². The van der Waals surface area contributed by atoms with Gasteiger partial charge < -0.3 is 0 Å². The summed E-state index contributed by atoms with van der Waals surface area (Å²) < 4.78 is 2.48. The van der Waals surface area contributed by atoms with Crippen LogP contribution in [0.2, 0.25) is 0 Å². The summed E-state index contributed by atoms with van der Waals surface area (Å²) in [6.45, 7) is 2.19. The van der Waals surface area contributed by atoms with Gasteiger partial charge in [-0.2, -0.15) is 0 Å². The molecule has 0 saturated carbocycles. The molecule has 0 radical (unpaired) electrons. The van der Waals surface area contributed by atoms with E-state index < -0.39 is 0 Å². The molecule has 0 bridgehead atoms. The topological polar surface area (TPSA) is 0 Å². The van der Waals surface area contributed by atoms with Crippen LogP contribution in [0, 0.1) is 3.57 Å². The molecule has 3 heteroatoms. The van der Waals surface area contributed by atoms with Gasteiger partial charge in [-0.05, 0) is 71.0 Å². The zero-order valence-electron chi connectivity index (χ0n) is 9.41. The summed E-state index contributed by atoms with van der Waals surface area (Å²) in [6, 6.07) is 15.1. The molecule has 0 fully saturated rings. The Kier molecular flexibility index (Phi) is 4.94. The number of rotatable bonds is 3. The molecule has 0 aliphatic heterocycles. The third-order valence-electron chi connectivity index (χ3n) is 2.45. The van der Waals surface area contributed by atoms with Crippen LogP contribution in [-0.4, -0.2) is 0 Å². The van der Waals surface area contributed by atoms with E-state index in [0.717, 1.165) is 10.9 Å². The molecule has 0 N–H and O–H groups in total. The Balaban J connectivity index is 2.19. The Hall–Kier alpha value is -0.000000000000000111. The van der Waals surface area contributed by atoms with Crippen molar-refractivity contribution in [2.24, 2.45) is 0 Å². The smallest absolute Gasteiger partial charge is 0.0176 e. The van der Waals surface area contributed by atoms with Crippen molar-refractivity contribution in [3.8, 4) is 0 Å². The summed E-state index contributed by atoms with van der Waals surface area (Å²) >= 11 is 7.67. The highest BCUT2D eigenvalue weighted by atomic mass is 127. The number of halogens is 2. The summed E-state index contributed by atoms with van der Waals surface area (Å²) in [5.74, 6) is 0. The van der Waals surface area contributed by atoms with E-state index in [1.165, 1.54) is 18.9 Å². The lowest BCUT2D eigenvalue weighted by Gasteiger charge is -2.05. The molecule has 0 heterocycles. The Morgan fingerprint density at radius 2 is 1.71 bits per heavy atom. The van der Waals surface area contributed by atoms with E-state index >= 15 is 0 Å². The van der Waals surface area contributed by atoms with Gasteiger partial charge in [-0.1, -0.05) is 40.7 Å². The van der Waals surface area contributed by atoms with E-state index in [-0.39, 0.29) is 0 Å². The second-order valence-corrected chi connectivity index (χ2v) is 6.89. The highest BCUT2D eigenvalue weighted by molar-refractivity contribution is 14.1. The van der Waals surface area contributed by atoms with Crippen molar-refractivity contribution < 1.29 is 0 Å². The minimum atomic E-state index is 1.10. The largest absolute Gasteiger partial charge is 0.0901 e. The first-order valence-electron chi connectivity index (χ1n) is 5.41. The van der Waals surface area contributed by atoms with Crippen LogP contribution in [-0.2, 0) is 6.42 Å². The summed E-state index contributed by atoms with van der Waals surface area (Å²) in [4.78, 5) is 2.57. The molecular formula is C14H12BrIS. The van der Waals surface area contributed by atoms with Gasteiger partial charge in [0.15, 0.2) is 0 Å². The van der Waals surface area contributed by atoms with Gasteiger partial charge >= 0.3 is 0 Å². The lowest BCUT2D eigenvalue weighted by atomic mass is 10.2. The first-order chi connectivity index (χ1) is 8.19. The van der Waals surface area contributed by atoms with E-state index in [1.807, 2.05) is 0 Å². The SMILES string of the molecule is CCc1ccc(Sc2ccc(Br)cc2)cc1I. The molecule has 17 heavy (non-hydrogen) atoms. The highest BCUT2D eigenvalue weighted by Crippen LogP contribution is 2.30. The Labute approximate surface area is 128 Å². The average Bonchev–Trinajstić information content (AvgIpc) is 2.32. The molecule has 0 amide bonds. The Morgan fingerprint density at radius 1 is 1.06 bits per heavy atom. The van der Waals surface area contributed by atoms with E-state index in [0.29, 0.717) is 0 Å². The molecular weight excluding hydrogens is 407 g/mol. The molecule has 88 valence electrons. The molecule has 0 aliphatic carbocycles. The first kappa shape index (κ1) is 13.4. The lowest BCUT2D eigenvalue weighted by molar-refractivity contribution is 1.11. The minimum Gasteiger partial charge on any atom is -0.0901 e. The monoisotopic (exact) mass is 418 g/mol. The van der Waals surface area contributed by atoms with Crippen LogP contribution in [0.1, 0.15) is 12.5 Å². The maximum Gasteiger partial charge on any atom is 0.0176 e. The van der Waals surface area contributed by atoms with Crippen LogP contribution in [0.15, 0.2) is 56.7 Å². The molecule has 0 atom stereocenters. The molecule has 0 nitrogen and oxygen atoms in total. The van der Waals surface area contributed by atoms with Crippen molar-refractivity contribution in [3.63, 3.8) is 0 Å². The van der Waals surface area contributed by atoms with Gasteiger partial charge in [0.1, 0.15) is 0 Å². The molecule has 0 unspecified atom stereocenters. The fourth-order valence-electron chi connectivity index (χ4n) is 1.52. The Morgan fingerprint density at radius 3 is 2.29 bits per heavy atom. The van der Waals surface area contributed by atoms with Gasteiger partial charge in [-0.3, -0.25) is 0 Å². The number of hydrogen-bond acceptors (Lipinski definition) is 1. The van der Waals surface area contributed by atoms with Crippen LogP contribution in [0.3, 0.4) is 0 Å². The summed E-state index contributed by atoms with van der Waals surface area (Å²) in [7, 11) is 0. The molecule has 0 saturated heterocycles. The average molecular weight is 419 g/mol. The molecule has 2 rings (SSSR count). The Bertz CT molecular complexity index is 508. The lowest BCUT2D eigenvalue weighted by Crippen LogP contribution is -1.85. The van der Waals surface area contributed by atoms with Gasteiger partial charge in [0.2, 0.25) is 0 Å². The van der Waals surface area contributed by atoms with Crippen LogP contribution >= 0.6 is 50.3 Å². The van der Waals surface area contributed by atoms with Crippen molar-refractivity contribution in [2.45, 2.75) is 23.1 Å². The van der Waals surface area contributed by atoms with E-state index in [9.17, 15) is 0 Å². The summed E-state index contributed by atoms with van der Waals surface area (Å²) in [6.07, 6.45) is 1.10. The summed E-state index contributed by atoms with van der Waals surface area (Å²) in [5, 5.41) is 0. The van der Waals surface area contributed by atoms with Crippen molar-refractivity contribution in [1.29, 1.82) is 0 Å². The van der Waals surface area contributed by atoms with Gasteiger partial charge in [0, 0.05) is 17.8 Å². The standard InChI is InChI=1S/C14H12BrIS/c1-2-10-3-6-13(9-14(10)16)17-12-7-4-11(15)5-8-12/h3-9H,2H2,1H3. The molecule has 0 aromatic heterocycles. The van der Waals surface area contributed by atoms with Crippen molar-refractivity contribution in [2.75, 3.05) is 0 Å². The zero-order valence-corrected chi connectivity index (χ0v) is 14.0. The van der Waals surface area contributed by atoms with E-state index in [2.05, 4.69) is 87.9 Å². The van der Waals surface area contributed by atoms with Crippen molar-refractivity contribution in [3.05, 3.63) is 56.1 Å². The molecule has 0 spiro atoms. The second kappa shape index (κ2) is 6.25. The summed E-state index contributed by atoms with van der Waals surface area (Å²) in [5.41, 5.74) is 1.42. The predicted octanol–water partition coefficient (Wildman–Crippen LogP) is 5.77. The third-order valence-corrected chi connectivity index (χ3v) is 4.99. The van der Waals surface area contributed by atoms with Crippen LogP contribution < -0.4 is 0 Å². The van der Waals surface area contributed by atoms with E-state index in [4.69, 9.17) is 0 Å². The van der Waals surface area contributed by atoms with Gasteiger partial charge in [-0.15, -0.1) is 0 Å². The van der Waals surface area contributed by atoms with Crippen LogP contribution in [0.4, 0.5) is 0 Å². The number of hydrogen-bond donors (Lipinski definition) is 0. The maximum atomic E-state index is 3.45. The van der Waals surface area contributed by atoms with Crippen LogP contribution in [0.5, 0.6) is 0 Å². The fraction of sp³-hybridized carbons (Fsp3) is 0.143. The quantitative estimate of drug-likeness (QED) is 0.570. The van der Waals surface area contributed by atoms with Gasteiger partial charge in [0.05, 0.1) is 0 Å². The molecule has 2 aromatic carbocycles. The molecule has 0 aliphatic rings. The highest BCUT2D eigenvalue weighted by Gasteiger charge is 2.01. The maximum absolute atomic E-state index is 3.45. The normalized spacial score (nSPS) is 10.5. The zero-order chi connectivity index (χ0) is 12.3. The molecule has 2 aromatic rings. The fourth-order valence-corrected chi connectivity index (χ4v) is 3.75. The second-order valence-electron chi connectivity index (χ2n) is 3.66. The minimum absolute atomic E-state index is 1.10. The number of benzene rings is 2. The van der Waals surface area contributed by atoms with Gasteiger partial charge in [0.25, 0.3) is 0 Å². The van der Waals surface area contributed by atoms with E-state index in [1.54, 1.807) is 11.8 Å². The van der Waals surface area contributed by atoms with Gasteiger partial charge in [-0.25, -0.2) is 0 Å². The number of aryl methyl sites for hydroxylation is 1. The third kappa shape index (κ3) is 3.73. The van der Waals surface area contributed by atoms with Crippen molar-refractivity contribution in [1.82, 2.24) is 0 Å².